The van der Waals surface area contributed by atoms with Crippen molar-refractivity contribution in [1.82, 2.24) is 0 Å². The fourth-order valence-corrected chi connectivity index (χ4v) is 3.11. The Morgan fingerprint density at radius 2 is 1.90 bits per heavy atom. The lowest BCUT2D eigenvalue weighted by Gasteiger charge is -2.29. The first-order valence-corrected chi connectivity index (χ1v) is 10.6. The molecule has 1 aromatic rings. The number of ether oxygens (including phenoxy) is 1. The molecule has 0 bridgehead atoms. The lowest BCUT2D eigenvalue weighted by atomic mass is 9.95. The van der Waals surface area contributed by atoms with Gasteiger partial charge in [0.2, 0.25) is 8.32 Å². The van der Waals surface area contributed by atoms with Gasteiger partial charge in [0.15, 0.2) is 0 Å². The second-order valence-electron chi connectivity index (χ2n) is 6.18. The Labute approximate surface area is 123 Å². The number of benzene rings is 1. The van der Waals surface area contributed by atoms with Crippen molar-refractivity contribution in [1.29, 1.82) is 0 Å². The molecular weight excluding hydrogens is 264 g/mol. The van der Waals surface area contributed by atoms with Gasteiger partial charge in [0.05, 0.1) is 0 Å². The van der Waals surface area contributed by atoms with E-state index in [0.717, 1.165) is 24.4 Å². The molecule has 0 spiro atoms. The Bertz CT molecular complexity index is 526. The maximum absolute atomic E-state index is 6.32. The van der Waals surface area contributed by atoms with Crippen LogP contribution < -0.4 is 0 Å². The highest BCUT2D eigenvalue weighted by Gasteiger charge is 2.27. The molecule has 0 heterocycles. The van der Waals surface area contributed by atoms with Gasteiger partial charge in [0.1, 0.15) is 17.6 Å². The van der Waals surface area contributed by atoms with Crippen molar-refractivity contribution in [3.63, 3.8) is 0 Å². The Hall–Kier alpha value is -1.48. The van der Waals surface area contributed by atoms with Crippen molar-refractivity contribution in [2.45, 2.75) is 45.5 Å². The van der Waals surface area contributed by atoms with Crippen LogP contribution in [0.3, 0.4) is 0 Å². The lowest BCUT2D eigenvalue weighted by molar-refractivity contribution is 0.156. The largest absolute Gasteiger partial charge is 0.542 e. The summed E-state index contributed by atoms with van der Waals surface area (Å²) in [7, 11) is -1.68. The first-order valence-electron chi connectivity index (χ1n) is 7.20. The maximum atomic E-state index is 6.32. The van der Waals surface area contributed by atoms with E-state index in [-0.39, 0.29) is 6.10 Å². The molecule has 1 unspecified atom stereocenters. The van der Waals surface area contributed by atoms with Crippen LogP contribution in [0.1, 0.15) is 24.5 Å². The molecule has 0 saturated heterocycles. The van der Waals surface area contributed by atoms with Crippen molar-refractivity contribution in [3.05, 3.63) is 53.8 Å². The molecule has 0 aliphatic heterocycles. The van der Waals surface area contributed by atoms with Gasteiger partial charge in [-0.3, -0.25) is 0 Å². The third kappa shape index (κ3) is 3.54. The SMILES string of the molecule is C=CC(C)OC1=C(O[Si](C)(C)C)c2ccccc2CC1. The molecule has 20 heavy (non-hydrogen) atoms. The first kappa shape index (κ1) is 14.9. The smallest absolute Gasteiger partial charge is 0.242 e. The number of fused-ring (bicyclic) bond motifs is 1. The average Bonchev–Trinajstić information content (AvgIpc) is 2.40. The van der Waals surface area contributed by atoms with Gasteiger partial charge in [-0.05, 0) is 38.5 Å². The van der Waals surface area contributed by atoms with Gasteiger partial charge in [-0.1, -0.05) is 36.9 Å². The highest BCUT2D eigenvalue weighted by molar-refractivity contribution is 6.70. The highest BCUT2D eigenvalue weighted by atomic mass is 28.4. The zero-order valence-electron chi connectivity index (χ0n) is 12.9. The number of aryl methyl sites for hydroxylation is 1. The number of hydrogen-bond acceptors (Lipinski definition) is 2. The van der Waals surface area contributed by atoms with Gasteiger partial charge in [-0.15, -0.1) is 0 Å². The van der Waals surface area contributed by atoms with Crippen LogP contribution in [0.25, 0.3) is 5.76 Å². The topological polar surface area (TPSA) is 18.5 Å². The zero-order chi connectivity index (χ0) is 14.8. The molecule has 1 atom stereocenters. The quantitative estimate of drug-likeness (QED) is 0.575. The van der Waals surface area contributed by atoms with Crippen molar-refractivity contribution in [2.24, 2.45) is 0 Å². The summed E-state index contributed by atoms with van der Waals surface area (Å²) >= 11 is 0. The van der Waals surface area contributed by atoms with E-state index in [1.54, 1.807) is 0 Å². The second kappa shape index (κ2) is 5.88. The van der Waals surface area contributed by atoms with Gasteiger partial charge in [-0.2, -0.15) is 0 Å². The number of hydrogen-bond donors (Lipinski definition) is 0. The number of allylic oxidation sites excluding steroid dienone is 1. The molecular formula is C17H24O2Si. The third-order valence-corrected chi connectivity index (χ3v) is 4.02. The molecule has 108 valence electrons. The van der Waals surface area contributed by atoms with Crippen LogP contribution >= 0.6 is 0 Å². The molecule has 0 fully saturated rings. The minimum atomic E-state index is -1.68. The van der Waals surface area contributed by atoms with E-state index in [4.69, 9.17) is 9.16 Å². The van der Waals surface area contributed by atoms with Gasteiger partial charge >= 0.3 is 0 Å². The van der Waals surface area contributed by atoms with E-state index < -0.39 is 8.32 Å². The molecule has 0 saturated carbocycles. The van der Waals surface area contributed by atoms with E-state index in [9.17, 15) is 0 Å². The Balaban J connectivity index is 2.42. The van der Waals surface area contributed by atoms with Crippen LogP contribution in [0.4, 0.5) is 0 Å². The summed E-state index contributed by atoms with van der Waals surface area (Å²) in [6.45, 7) is 12.4. The van der Waals surface area contributed by atoms with Crippen LogP contribution in [0.2, 0.25) is 19.6 Å². The van der Waals surface area contributed by atoms with Crippen LogP contribution in [0, 0.1) is 0 Å². The zero-order valence-corrected chi connectivity index (χ0v) is 13.9. The minimum Gasteiger partial charge on any atom is -0.542 e. The molecule has 3 heteroatoms. The molecule has 0 radical (unpaired) electrons. The van der Waals surface area contributed by atoms with Crippen molar-refractivity contribution in [2.75, 3.05) is 0 Å². The van der Waals surface area contributed by atoms with Gasteiger partial charge in [0.25, 0.3) is 0 Å². The number of rotatable bonds is 5. The minimum absolute atomic E-state index is 0.00972. The summed E-state index contributed by atoms with van der Waals surface area (Å²) in [5, 5.41) is 0. The summed E-state index contributed by atoms with van der Waals surface area (Å²) < 4.78 is 12.3. The van der Waals surface area contributed by atoms with Crippen molar-refractivity contribution in [3.8, 4) is 0 Å². The molecule has 0 amide bonds. The molecule has 0 aromatic heterocycles. The molecule has 1 aliphatic rings. The normalized spacial score (nSPS) is 16.4. The lowest BCUT2D eigenvalue weighted by Crippen LogP contribution is -2.27. The van der Waals surface area contributed by atoms with Gasteiger partial charge in [0, 0.05) is 12.0 Å². The summed E-state index contributed by atoms with van der Waals surface area (Å²) in [6.07, 6.45) is 3.73. The molecule has 2 nitrogen and oxygen atoms in total. The predicted octanol–water partition coefficient (Wildman–Crippen LogP) is 4.74. The fourth-order valence-electron chi connectivity index (χ4n) is 2.27. The van der Waals surface area contributed by atoms with E-state index in [1.807, 2.05) is 13.0 Å². The first-order chi connectivity index (χ1) is 9.40. The average molecular weight is 288 g/mol. The van der Waals surface area contributed by atoms with Crippen LogP contribution in [0.15, 0.2) is 42.7 Å². The maximum Gasteiger partial charge on any atom is 0.242 e. The summed E-state index contributed by atoms with van der Waals surface area (Å²) in [4.78, 5) is 0. The summed E-state index contributed by atoms with van der Waals surface area (Å²) in [6, 6.07) is 8.46. The monoisotopic (exact) mass is 288 g/mol. The predicted molar refractivity (Wildman–Crippen MR) is 86.9 cm³/mol. The Morgan fingerprint density at radius 1 is 1.20 bits per heavy atom. The van der Waals surface area contributed by atoms with E-state index >= 15 is 0 Å². The van der Waals surface area contributed by atoms with Gasteiger partial charge in [-0.25, -0.2) is 0 Å². The molecule has 2 rings (SSSR count). The standard InChI is InChI=1S/C17H24O2Si/c1-6-13(2)18-16-12-11-14-9-7-8-10-15(14)17(16)19-20(3,4)5/h6-10,13H,1,11-12H2,2-5H3. The molecule has 0 N–H and O–H groups in total. The summed E-state index contributed by atoms with van der Waals surface area (Å²) in [5.74, 6) is 1.92. The van der Waals surface area contributed by atoms with E-state index in [0.29, 0.717) is 0 Å². The highest BCUT2D eigenvalue weighted by Crippen LogP contribution is 2.35. The second-order valence-corrected chi connectivity index (χ2v) is 10.6. The van der Waals surface area contributed by atoms with Crippen LogP contribution in [0.5, 0.6) is 0 Å². The molecule has 1 aliphatic carbocycles. The van der Waals surface area contributed by atoms with E-state index in [1.165, 1.54) is 11.1 Å². The third-order valence-electron chi connectivity index (χ3n) is 3.20. The Morgan fingerprint density at radius 3 is 2.55 bits per heavy atom. The summed E-state index contributed by atoms with van der Waals surface area (Å²) in [5.41, 5.74) is 2.53. The van der Waals surface area contributed by atoms with Crippen LogP contribution in [-0.2, 0) is 15.6 Å². The Kier molecular flexibility index (Phi) is 4.38. The van der Waals surface area contributed by atoms with Crippen LogP contribution in [-0.4, -0.2) is 14.4 Å². The molecule has 1 aromatic carbocycles. The van der Waals surface area contributed by atoms with Crippen molar-refractivity contribution < 1.29 is 9.16 Å². The van der Waals surface area contributed by atoms with Crippen molar-refractivity contribution >= 4 is 14.1 Å². The van der Waals surface area contributed by atoms with E-state index in [2.05, 4.69) is 50.5 Å². The van der Waals surface area contributed by atoms with Gasteiger partial charge < -0.3 is 9.16 Å². The fraction of sp³-hybridized carbons (Fsp3) is 0.412.